The number of rotatable bonds is 4. The SMILES string of the molecule is NCc1cccc(NC(=O)C(=O)Nc2ccc(-n3cncn3)cc2)c1.O=C(O)C(F)(F)F. The number of hydrogen-bond acceptors (Lipinski definition) is 6. The molecule has 0 unspecified atom stereocenters. The Balaban J connectivity index is 0.000000451. The highest BCUT2D eigenvalue weighted by Crippen LogP contribution is 2.14. The number of carboxylic acids is 1. The summed E-state index contributed by atoms with van der Waals surface area (Å²) in [5.74, 6) is -4.27. The number of anilines is 2. The van der Waals surface area contributed by atoms with E-state index in [1.54, 1.807) is 53.5 Å². The highest BCUT2D eigenvalue weighted by atomic mass is 19.4. The number of aliphatic carboxylic acids is 1. The summed E-state index contributed by atoms with van der Waals surface area (Å²) in [4.78, 5) is 36.8. The number of amides is 2. The summed E-state index contributed by atoms with van der Waals surface area (Å²) in [7, 11) is 0. The molecule has 1 aromatic heterocycles. The van der Waals surface area contributed by atoms with Crippen LogP contribution in [0, 0.1) is 0 Å². The summed E-state index contributed by atoms with van der Waals surface area (Å²) in [6.07, 6.45) is -2.09. The lowest BCUT2D eigenvalue weighted by atomic mass is 10.2. The first-order chi connectivity index (χ1) is 15.1. The fraction of sp³-hybridized carbons (Fsp3) is 0.105. The van der Waals surface area contributed by atoms with Gasteiger partial charge in [-0.05, 0) is 42.0 Å². The first kappa shape index (κ1) is 24.0. The van der Waals surface area contributed by atoms with Gasteiger partial charge in [0.2, 0.25) is 0 Å². The molecule has 3 aromatic rings. The molecule has 0 saturated heterocycles. The molecule has 0 aliphatic rings. The van der Waals surface area contributed by atoms with Crippen molar-refractivity contribution in [1.82, 2.24) is 14.8 Å². The Morgan fingerprint density at radius 3 is 2.09 bits per heavy atom. The first-order valence-electron chi connectivity index (χ1n) is 8.76. The predicted molar refractivity (Wildman–Crippen MR) is 107 cm³/mol. The molecule has 2 aromatic carbocycles. The van der Waals surface area contributed by atoms with Gasteiger partial charge in [0.05, 0.1) is 5.69 Å². The van der Waals surface area contributed by atoms with Gasteiger partial charge < -0.3 is 21.5 Å². The van der Waals surface area contributed by atoms with Gasteiger partial charge in [-0.25, -0.2) is 14.5 Å². The van der Waals surface area contributed by atoms with Crippen LogP contribution in [0.15, 0.2) is 61.2 Å². The Morgan fingerprint density at radius 2 is 1.59 bits per heavy atom. The lowest BCUT2D eigenvalue weighted by Crippen LogP contribution is -2.29. The van der Waals surface area contributed by atoms with Crippen molar-refractivity contribution in [2.24, 2.45) is 5.73 Å². The Labute approximate surface area is 178 Å². The van der Waals surface area contributed by atoms with Crippen molar-refractivity contribution in [3.05, 3.63) is 66.7 Å². The van der Waals surface area contributed by atoms with E-state index in [0.29, 0.717) is 17.9 Å². The zero-order valence-electron chi connectivity index (χ0n) is 16.2. The molecule has 0 atom stereocenters. The normalized spacial score (nSPS) is 10.5. The van der Waals surface area contributed by atoms with Gasteiger partial charge in [0, 0.05) is 17.9 Å². The van der Waals surface area contributed by atoms with Crippen molar-refractivity contribution in [1.29, 1.82) is 0 Å². The van der Waals surface area contributed by atoms with E-state index in [4.69, 9.17) is 15.6 Å². The van der Waals surface area contributed by atoms with Crippen LogP contribution in [0.4, 0.5) is 24.5 Å². The molecule has 168 valence electrons. The Kier molecular flexibility index (Phi) is 8.01. The van der Waals surface area contributed by atoms with Gasteiger partial charge in [-0.2, -0.15) is 18.3 Å². The molecule has 1 heterocycles. The quantitative estimate of drug-likeness (QED) is 0.443. The van der Waals surface area contributed by atoms with Crippen LogP contribution in [-0.4, -0.2) is 43.8 Å². The third kappa shape index (κ3) is 7.21. The molecule has 32 heavy (non-hydrogen) atoms. The molecule has 0 saturated carbocycles. The summed E-state index contributed by atoms with van der Waals surface area (Å²) in [6.45, 7) is 0.355. The lowest BCUT2D eigenvalue weighted by Gasteiger charge is -2.08. The fourth-order valence-corrected chi connectivity index (χ4v) is 2.19. The van der Waals surface area contributed by atoms with Gasteiger partial charge in [0.15, 0.2) is 0 Å². The van der Waals surface area contributed by atoms with Crippen molar-refractivity contribution >= 4 is 29.2 Å². The van der Waals surface area contributed by atoms with Crippen molar-refractivity contribution in [3.8, 4) is 5.69 Å². The minimum atomic E-state index is -5.08. The van der Waals surface area contributed by atoms with Crippen LogP contribution in [0.2, 0.25) is 0 Å². The molecule has 0 aliphatic heterocycles. The average Bonchev–Trinajstić information content (AvgIpc) is 3.29. The molecular weight excluding hydrogens is 433 g/mol. The second-order valence-electron chi connectivity index (χ2n) is 6.00. The number of nitrogens with one attached hydrogen (secondary N) is 2. The zero-order chi connectivity index (χ0) is 23.7. The van der Waals surface area contributed by atoms with Crippen LogP contribution in [0.25, 0.3) is 5.69 Å². The molecule has 0 fully saturated rings. The molecular formula is C19H17F3N6O4. The number of carboxylic acid groups (broad SMARTS) is 1. The number of halogens is 3. The molecule has 0 bridgehead atoms. The topological polar surface area (TPSA) is 152 Å². The number of carbonyl (C=O) groups is 3. The molecule has 0 spiro atoms. The minimum Gasteiger partial charge on any atom is -0.475 e. The summed E-state index contributed by atoms with van der Waals surface area (Å²) in [5.41, 5.74) is 8.23. The summed E-state index contributed by atoms with van der Waals surface area (Å²) >= 11 is 0. The van der Waals surface area contributed by atoms with E-state index < -0.39 is 24.0 Å². The van der Waals surface area contributed by atoms with Gasteiger partial charge >= 0.3 is 24.0 Å². The maximum absolute atomic E-state index is 12.0. The molecule has 0 aliphatic carbocycles. The predicted octanol–water partition coefficient (Wildman–Crippen LogP) is 1.94. The molecule has 5 N–H and O–H groups in total. The minimum absolute atomic E-state index is 0.355. The maximum Gasteiger partial charge on any atom is 0.490 e. The number of hydrogen-bond donors (Lipinski definition) is 4. The molecule has 2 amide bonds. The van der Waals surface area contributed by atoms with Crippen molar-refractivity contribution in [3.63, 3.8) is 0 Å². The van der Waals surface area contributed by atoms with E-state index in [1.165, 1.54) is 6.33 Å². The van der Waals surface area contributed by atoms with E-state index in [0.717, 1.165) is 11.3 Å². The van der Waals surface area contributed by atoms with E-state index in [1.807, 2.05) is 6.07 Å². The zero-order valence-corrected chi connectivity index (χ0v) is 16.2. The molecule has 13 heteroatoms. The second-order valence-corrected chi connectivity index (χ2v) is 6.00. The Hall–Kier alpha value is -4.26. The molecule has 0 radical (unpaired) electrons. The van der Waals surface area contributed by atoms with Gasteiger partial charge in [-0.3, -0.25) is 9.59 Å². The smallest absolute Gasteiger partial charge is 0.475 e. The summed E-state index contributed by atoms with van der Waals surface area (Å²) in [5, 5.41) is 16.2. The summed E-state index contributed by atoms with van der Waals surface area (Å²) in [6, 6.07) is 13.9. The average molecular weight is 450 g/mol. The highest BCUT2D eigenvalue weighted by Gasteiger charge is 2.38. The number of benzene rings is 2. The number of alkyl halides is 3. The van der Waals surface area contributed by atoms with Crippen LogP contribution >= 0.6 is 0 Å². The van der Waals surface area contributed by atoms with E-state index in [-0.39, 0.29) is 0 Å². The number of carbonyl (C=O) groups excluding carboxylic acids is 2. The van der Waals surface area contributed by atoms with Gasteiger partial charge in [-0.15, -0.1) is 0 Å². The second kappa shape index (κ2) is 10.7. The van der Waals surface area contributed by atoms with Gasteiger partial charge in [0.1, 0.15) is 12.7 Å². The van der Waals surface area contributed by atoms with Crippen molar-refractivity contribution < 1.29 is 32.7 Å². The van der Waals surface area contributed by atoms with Crippen LogP contribution in [0.1, 0.15) is 5.56 Å². The van der Waals surface area contributed by atoms with E-state index in [9.17, 15) is 22.8 Å². The largest absolute Gasteiger partial charge is 0.490 e. The standard InChI is InChI=1S/C17H16N6O2.C2HF3O2/c18-9-12-2-1-3-14(8-12)22-17(25)16(24)21-13-4-6-15(7-5-13)23-11-19-10-20-23;3-2(4,5)1(6)7/h1-8,10-11H,9,18H2,(H,21,24)(H,22,25);(H,6,7). The third-order valence-corrected chi connectivity index (χ3v) is 3.68. The van der Waals surface area contributed by atoms with Gasteiger partial charge in [0.25, 0.3) is 0 Å². The number of nitrogens with two attached hydrogens (primary N) is 1. The van der Waals surface area contributed by atoms with Crippen LogP contribution in [-0.2, 0) is 20.9 Å². The van der Waals surface area contributed by atoms with Crippen molar-refractivity contribution in [2.75, 3.05) is 10.6 Å². The van der Waals surface area contributed by atoms with Crippen LogP contribution in [0.3, 0.4) is 0 Å². The Morgan fingerprint density at radius 1 is 1.00 bits per heavy atom. The summed E-state index contributed by atoms with van der Waals surface area (Å²) < 4.78 is 33.3. The fourth-order valence-electron chi connectivity index (χ4n) is 2.19. The van der Waals surface area contributed by atoms with Crippen LogP contribution < -0.4 is 16.4 Å². The maximum atomic E-state index is 12.0. The lowest BCUT2D eigenvalue weighted by molar-refractivity contribution is -0.192. The molecule has 3 rings (SSSR count). The third-order valence-electron chi connectivity index (χ3n) is 3.68. The monoisotopic (exact) mass is 450 g/mol. The van der Waals surface area contributed by atoms with Crippen LogP contribution in [0.5, 0.6) is 0 Å². The Bertz CT molecular complexity index is 1070. The number of nitrogens with zero attached hydrogens (tertiary/aromatic N) is 3. The van der Waals surface area contributed by atoms with Crippen molar-refractivity contribution in [2.45, 2.75) is 12.7 Å². The van der Waals surface area contributed by atoms with E-state index >= 15 is 0 Å². The highest BCUT2D eigenvalue weighted by molar-refractivity contribution is 6.43. The number of aromatic nitrogens is 3. The molecule has 10 nitrogen and oxygen atoms in total. The van der Waals surface area contributed by atoms with E-state index in [2.05, 4.69) is 20.7 Å². The van der Waals surface area contributed by atoms with Gasteiger partial charge in [-0.1, -0.05) is 12.1 Å². The first-order valence-corrected chi connectivity index (χ1v) is 8.76.